The van der Waals surface area contributed by atoms with Gasteiger partial charge in [0, 0.05) is 6.42 Å². The van der Waals surface area contributed by atoms with Gasteiger partial charge in [-0.2, -0.15) is 8.42 Å². The number of ether oxygens (including phenoxy) is 1. The van der Waals surface area contributed by atoms with Gasteiger partial charge in [0.15, 0.2) is 5.75 Å². The van der Waals surface area contributed by atoms with E-state index in [1.165, 1.54) is 12.1 Å². The maximum atomic E-state index is 12.0. The van der Waals surface area contributed by atoms with Crippen molar-refractivity contribution in [3.8, 4) is 5.75 Å². The molecule has 0 unspecified atom stereocenters. The van der Waals surface area contributed by atoms with Gasteiger partial charge in [-0.05, 0) is 37.5 Å². The third-order valence-electron chi connectivity index (χ3n) is 2.49. The number of carbonyl (C=O) groups is 1. The fourth-order valence-electron chi connectivity index (χ4n) is 1.54. The van der Waals surface area contributed by atoms with Crippen molar-refractivity contribution in [3.05, 3.63) is 23.8 Å². The van der Waals surface area contributed by atoms with Crippen LogP contribution in [0.5, 0.6) is 5.75 Å². The van der Waals surface area contributed by atoms with Gasteiger partial charge >= 0.3 is 16.1 Å². The zero-order valence-electron chi connectivity index (χ0n) is 12.0. The molecule has 0 aliphatic carbocycles. The topological polar surface area (TPSA) is 69.7 Å². The van der Waals surface area contributed by atoms with Crippen LogP contribution in [0.25, 0.3) is 0 Å². The molecule has 0 atom stereocenters. The van der Waals surface area contributed by atoms with Gasteiger partial charge in [-0.1, -0.05) is 19.9 Å². The number of carbonyl (C=O) groups excluding carboxylic acids is 1. The standard InChI is InChI=1S/C14H20O5S/c1-4-6-14(15)19-12-10-11(3)7-8-13(12)20(16,17)18-9-5-2/h7-8,10H,4-6,9H2,1-3H3. The summed E-state index contributed by atoms with van der Waals surface area (Å²) >= 11 is 0. The van der Waals surface area contributed by atoms with Crippen molar-refractivity contribution in [3.63, 3.8) is 0 Å². The highest BCUT2D eigenvalue weighted by atomic mass is 32.2. The van der Waals surface area contributed by atoms with Crippen LogP contribution >= 0.6 is 0 Å². The lowest BCUT2D eigenvalue weighted by molar-refractivity contribution is -0.134. The largest absolute Gasteiger partial charge is 0.425 e. The number of esters is 1. The molecule has 0 aliphatic rings. The molecule has 1 aromatic carbocycles. The van der Waals surface area contributed by atoms with E-state index in [-0.39, 0.29) is 23.7 Å². The Labute approximate surface area is 120 Å². The van der Waals surface area contributed by atoms with Gasteiger partial charge < -0.3 is 4.74 Å². The third kappa shape index (κ3) is 4.61. The molecule has 112 valence electrons. The number of hydrogen-bond acceptors (Lipinski definition) is 5. The summed E-state index contributed by atoms with van der Waals surface area (Å²) in [6, 6.07) is 4.56. The number of benzene rings is 1. The molecule has 0 saturated heterocycles. The van der Waals surface area contributed by atoms with Gasteiger partial charge in [-0.3, -0.25) is 8.98 Å². The molecular formula is C14H20O5S. The van der Waals surface area contributed by atoms with E-state index >= 15 is 0 Å². The predicted octanol–water partition coefficient (Wildman–Crippen LogP) is 2.82. The molecular weight excluding hydrogens is 280 g/mol. The van der Waals surface area contributed by atoms with Crippen LogP contribution in [0.15, 0.2) is 23.1 Å². The normalized spacial score (nSPS) is 11.3. The van der Waals surface area contributed by atoms with Gasteiger partial charge in [-0.25, -0.2) is 0 Å². The summed E-state index contributed by atoms with van der Waals surface area (Å²) in [6.07, 6.45) is 1.46. The minimum Gasteiger partial charge on any atom is -0.425 e. The monoisotopic (exact) mass is 300 g/mol. The summed E-state index contributed by atoms with van der Waals surface area (Å²) in [6.45, 7) is 5.55. The van der Waals surface area contributed by atoms with Crippen LogP contribution in [0.4, 0.5) is 0 Å². The number of hydrogen-bond donors (Lipinski definition) is 0. The van der Waals surface area contributed by atoms with Crippen LogP contribution in [0.2, 0.25) is 0 Å². The fourth-order valence-corrected chi connectivity index (χ4v) is 2.63. The smallest absolute Gasteiger partial charge is 0.311 e. The lowest BCUT2D eigenvalue weighted by atomic mass is 10.2. The summed E-state index contributed by atoms with van der Waals surface area (Å²) in [4.78, 5) is 11.4. The van der Waals surface area contributed by atoms with E-state index in [4.69, 9.17) is 8.92 Å². The Morgan fingerprint density at radius 3 is 2.50 bits per heavy atom. The minimum atomic E-state index is -3.91. The number of rotatable bonds is 7. The van der Waals surface area contributed by atoms with Crippen LogP contribution in [-0.2, 0) is 19.1 Å². The Morgan fingerprint density at radius 2 is 1.90 bits per heavy atom. The molecule has 0 radical (unpaired) electrons. The van der Waals surface area contributed by atoms with Crippen molar-refractivity contribution >= 4 is 16.1 Å². The fraction of sp³-hybridized carbons (Fsp3) is 0.500. The molecule has 0 fully saturated rings. The summed E-state index contributed by atoms with van der Waals surface area (Å²) in [5, 5.41) is 0. The quantitative estimate of drug-likeness (QED) is 0.440. The Kier molecular flexibility index (Phi) is 6.16. The van der Waals surface area contributed by atoms with Crippen molar-refractivity contribution in [1.29, 1.82) is 0 Å². The summed E-state index contributed by atoms with van der Waals surface area (Å²) < 4.78 is 34.1. The van der Waals surface area contributed by atoms with Gasteiger partial charge in [0.2, 0.25) is 0 Å². The zero-order valence-corrected chi connectivity index (χ0v) is 12.8. The first-order valence-electron chi connectivity index (χ1n) is 6.61. The first kappa shape index (κ1) is 16.7. The van der Waals surface area contributed by atoms with Crippen molar-refractivity contribution in [2.75, 3.05) is 6.61 Å². The molecule has 1 aromatic rings. The Hall–Kier alpha value is -1.40. The van der Waals surface area contributed by atoms with Crippen LogP contribution in [0.3, 0.4) is 0 Å². The first-order valence-corrected chi connectivity index (χ1v) is 8.02. The highest BCUT2D eigenvalue weighted by Crippen LogP contribution is 2.27. The Balaban J connectivity index is 3.10. The maximum absolute atomic E-state index is 12.0. The second-order valence-electron chi connectivity index (χ2n) is 4.45. The highest BCUT2D eigenvalue weighted by molar-refractivity contribution is 7.86. The van der Waals surface area contributed by atoms with Crippen LogP contribution in [0.1, 0.15) is 38.7 Å². The predicted molar refractivity (Wildman–Crippen MR) is 75.2 cm³/mol. The average molecular weight is 300 g/mol. The van der Waals surface area contributed by atoms with E-state index in [1.807, 2.05) is 13.8 Å². The van der Waals surface area contributed by atoms with E-state index in [1.54, 1.807) is 13.0 Å². The molecule has 0 aromatic heterocycles. The summed E-state index contributed by atoms with van der Waals surface area (Å²) in [5.74, 6) is -0.426. The Bertz CT molecular complexity index is 563. The molecule has 0 bridgehead atoms. The highest BCUT2D eigenvalue weighted by Gasteiger charge is 2.22. The Morgan fingerprint density at radius 1 is 1.20 bits per heavy atom. The zero-order chi connectivity index (χ0) is 15.2. The SMILES string of the molecule is CCCOS(=O)(=O)c1ccc(C)cc1OC(=O)CCC. The molecule has 0 aliphatic heterocycles. The molecule has 0 spiro atoms. The van der Waals surface area contributed by atoms with Crippen molar-refractivity contribution in [1.82, 2.24) is 0 Å². The van der Waals surface area contributed by atoms with E-state index in [9.17, 15) is 13.2 Å². The van der Waals surface area contributed by atoms with Crippen molar-refractivity contribution in [2.24, 2.45) is 0 Å². The van der Waals surface area contributed by atoms with Crippen molar-refractivity contribution < 1.29 is 22.1 Å². The molecule has 20 heavy (non-hydrogen) atoms. The second-order valence-corrected chi connectivity index (χ2v) is 6.03. The summed E-state index contributed by atoms with van der Waals surface area (Å²) in [5.41, 5.74) is 0.804. The van der Waals surface area contributed by atoms with Crippen molar-refractivity contribution in [2.45, 2.75) is 44.9 Å². The van der Waals surface area contributed by atoms with Crippen LogP contribution in [0, 0.1) is 6.92 Å². The molecule has 0 N–H and O–H groups in total. The van der Waals surface area contributed by atoms with Gasteiger partial charge in [0.25, 0.3) is 0 Å². The molecule has 6 heteroatoms. The van der Waals surface area contributed by atoms with E-state index < -0.39 is 16.1 Å². The van der Waals surface area contributed by atoms with E-state index in [0.717, 1.165) is 5.56 Å². The maximum Gasteiger partial charge on any atom is 0.311 e. The molecule has 5 nitrogen and oxygen atoms in total. The third-order valence-corrected chi connectivity index (χ3v) is 3.84. The van der Waals surface area contributed by atoms with Gasteiger partial charge in [0.1, 0.15) is 4.90 Å². The minimum absolute atomic E-state index is 0.0274. The molecule has 0 saturated carbocycles. The van der Waals surface area contributed by atoms with E-state index in [2.05, 4.69) is 0 Å². The second kappa shape index (κ2) is 7.40. The van der Waals surface area contributed by atoms with Gasteiger partial charge in [-0.15, -0.1) is 0 Å². The summed E-state index contributed by atoms with van der Waals surface area (Å²) in [7, 11) is -3.91. The molecule has 0 heterocycles. The number of aryl methyl sites for hydroxylation is 1. The molecule has 0 amide bonds. The van der Waals surface area contributed by atoms with Crippen LogP contribution < -0.4 is 4.74 Å². The lowest BCUT2D eigenvalue weighted by Crippen LogP contribution is -2.13. The lowest BCUT2D eigenvalue weighted by Gasteiger charge is -2.11. The van der Waals surface area contributed by atoms with E-state index in [0.29, 0.717) is 12.8 Å². The molecule has 1 rings (SSSR count). The first-order chi connectivity index (χ1) is 9.40. The average Bonchev–Trinajstić information content (AvgIpc) is 2.36. The van der Waals surface area contributed by atoms with Crippen LogP contribution in [-0.4, -0.2) is 21.0 Å². The van der Waals surface area contributed by atoms with Gasteiger partial charge in [0.05, 0.1) is 6.61 Å².